The summed E-state index contributed by atoms with van der Waals surface area (Å²) in [5, 5.41) is 3.56. The fourth-order valence-corrected chi connectivity index (χ4v) is 4.59. The predicted molar refractivity (Wildman–Crippen MR) is 123 cm³/mol. The van der Waals surface area contributed by atoms with E-state index in [2.05, 4.69) is 86.9 Å². The van der Waals surface area contributed by atoms with Gasteiger partial charge in [-0.3, -0.25) is 9.55 Å². The molecule has 0 spiro atoms. The highest BCUT2D eigenvalue weighted by molar-refractivity contribution is 6.22. The van der Waals surface area contributed by atoms with Crippen LogP contribution in [0.4, 0.5) is 0 Å². The number of fused-ring (bicyclic) bond motifs is 6. The molecule has 0 saturated heterocycles. The number of aromatic nitrogens is 4. The van der Waals surface area contributed by atoms with Crippen molar-refractivity contribution in [1.82, 2.24) is 19.1 Å². The van der Waals surface area contributed by atoms with Crippen molar-refractivity contribution in [3.8, 4) is 11.7 Å². The number of nitrogens with zero attached hydrogens (tertiary/aromatic N) is 4. The Bertz CT molecular complexity index is 1700. The Morgan fingerprint density at radius 1 is 0.677 bits per heavy atom. The summed E-state index contributed by atoms with van der Waals surface area (Å²) >= 11 is 0. The average Bonchev–Trinajstić information content (AvgIpc) is 3.49. The Kier molecular flexibility index (Phi) is 3.21. The molecule has 7 rings (SSSR count). The maximum atomic E-state index is 6.21. The molecule has 0 aliphatic carbocycles. The van der Waals surface area contributed by atoms with Gasteiger partial charge in [-0.25, -0.2) is 4.57 Å². The molecule has 4 aromatic heterocycles. The first-order chi connectivity index (χ1) is 15.4. The van der Waals surface area contributed by atoms with Gasteiger partial charge in [-0.15, -0.1) is 0 Å². The van der Waals surface area contributed by atoms with E-state index in [1.807, 2.05) is 12.1 Å². The average molecular weight is 400 g/mol. The molecule has 146 valence electrons. The molecule has 0 radical (unpaired) electrons. The SMILES string of the molecule is c1ccc(-n2c3ccccc3c3c4ccccc4n(-c4nc5cnccc5o4)c32)cc1. The second kappa shape index (κ2) is 6.06. The number of benzene rings is 3. The van der Waals surface area contributed by atoms with Crippen LogP contribution in [0.2, 0.25) is 0 Å². The molecule has 0 unspecified atom stereocenters. The van der Waals surface area contributed by atoms with E-state index < -0.39 is 0 Å². The van der Waals surface area contributed by atoms with Crippen LogP contribution in [-0.4, -0.2) is 19.1 Å². The lowest BCUT2D eigenvalue weighted by Gasteiger charge is -2.10. The molecule has 0 amide bonds. The third-order valence-electron chi connectivity index (χ3n) is 5.86. The van der Waals surface area contributed by atoms with Crippen LogP contribution < -0.4 is 0 Å². The summed E-state index contributed by atoms with van der Waals surface area (Å²) < 4.78 is 10.6. The van der Waals surface area contributed by atoms with Crippen molar-refractivity contribution >= 4 is 43.9 Å². The van der Waals surface area contributed by atoms with E-state index in [9.17, 15) is 0 Å². The van der Waals surface area contributed by atoms with Crippen molar-refractivity contribution in [2.45, 2.75) is 0 Å². The molecule has 0 bridgehead atoms. The second-order valence-electron chi connectivity index (χ2n) is 7.58. The number of hydrogen-bond donors (Lipinski definition) is 0. The number of pyridine rings is 1. The number of hydrogen-bond acceptors (Lipinski definition) is 3. The third-order valence-corrected chi connectivity index (χ3v) is 5.86. The van der Waals surface area contributed by atoms with Crippen molar-refractivity contribution in [2.75, 3.05) is 0 Å². The van der Waals surface area contributed by atoms with Gasteiger partial charge in [0.2, 0.25) is 0 Å². The van der Waals surface area contributed by atoms with Crippen molar-refractivity contribution in [1.29, 1.82) is 0 Å². The van der Waals surface area contributed by atoms with Gasteiger partial charge in [0, 0.05) is 34.1 Å². The van der Waals surface area contributed by atoms with Crippen LogP contribution in [0.3, 0.4) is 0 Å². The van der Waals surface area contributed by atoms with Gasteiger partial charge in [-0.1, -0.05) is 54.6 Å². The highest BCUT2D eigenvalue weighted by atomic mass is 16.4. The van der Waals surface area contributed by atoms with E-state index in [1.54, 1.807) is 12.4 Å². The molecule has 5 nitrogen and oxygen atoms in total. The van der Waals surface area contributed by atoms with Crippen LogP contribution in [-0.2, 0) is 0 Å². The van der Waals surface area contributed by atoms with Gasteiger partial charge < -0.3 is 4.42 Å². The van der Waals surface area contributed by atoms with Crippen LogP contribution in [0.5, 0.6) is 0 Å². The maximum absolute atomic E-state index is 6.21. The monoisotopic (exact) mass is 400 g/mol. The van der Waals surface area contributed by atoms with Crippen molar-refractivity contribution in [2.24, 2.45) is 0 Å². The molecular formula is C26H16N4O. The lowest BCUT2D eigenvalue weighted by Crippen LogP contribution is -2.01. The van der Waals surface area contributed by atoms with E-state index in [1.165, 1.54) is 16.2 Å². The lowest BCUT2D eigenvalue weighted by atomic mass is 10.1. The topological polar surface area (TPSA) is 48.8 Å². The van der Waals surface area contributed by atoms with Gasteiger partial charge in [-0.05, 0) is 24.3 Å². The normalized spacial score (nSPS) is 11.9. The molecule has 0 N–H and O–H groups in total. The minimum atomic E-state index is 0.536. The fraction of sp³-hybridized carbons (Fsp3) is 0. The minimum Gasteiger partial charge on any atom is -0.423 e. The highest BCUT2D eigenvalue weighted by Gasteiger charge is 2.23. The Balaban J connectivity index is 1.74. The quantitative estimate of drug-likeness (QED) is 0.344. The van der Waals surface area contributed by atoms with Gasteiger partial charge in [0.15, 0.2) is 5.58 Å². The van der Waals surface area contributed by atoms with E-state index in [0.717, 1.165) is 33.5 Å². The second-order valence-corrected chi connectivity index (χ2v) is 7.58. The largest absolute Gasteiger partial charge is 0.423 e. The van der Waals surface area contributed by atoms with Gasteiger partial charge >= 0.3 is 6.01 Å². The smallest absolute Gasteiger partial charge is 0.309 e. The lowest BCUT2D eigenvalue weighted by molar-refractivity contribution is 0.572. The van der Waals surface area contributed by atoms with Crippen molar-refractivity contribution in [3.63, 3.8) is 0 Å². The highest BCUT2D eigenvalue weighted by Crippen LogP contribution is 2.40. The van der Waals surface area contributed by atoms with Crippen LogP contribution >= 0.6 is 0 Å². The Hall–Kier alpha value is -4.38. The Morgan fingerprint density at radius 2 is 1.35 bits per heavy atom. The standard InChI is InChI=1S/C26H16N4O/c1-2-8-17(9-3-1)29-21-12-6-4-10-18(21)24-19-11-5-7-13-22(19)30(25(24)29)26-28-20-16-27-15-14-23(20)31-26/h1-16H. The first-order valence-electron chi connectivity index (χ1n) is 10.2. The first kappa shape index (κ1) is 16.4. The summed E-state index contributed by atoms with van der Waals surface area (Å²) in [6.45, 7) is 0. The summed E-state index contributed by atoms with van der Waals surface area (Å²) in [5.74, 6) is 0. The van der Waals surface area contributed by atoms with Gasteiger partial charge in [-0.2, -0.15) is 4.98 Å². The third kappa shape index (κ3) is 2.20. The molecule has 31 heavy (non-hydrogen) atoms. The van der Waals surface area contributed by atoms with Crippen molar-refractivity contribution in [3.05, 3.63) is 97.3 Å². The van der Waals surface area contributed by atoms with Crippen LogP contribution in [0.1, 0.15) is 0 Å². The van der Waals surface area contributed by atoms with Gasteiger partial charge in [0.1, 0.15) is 11.2 Å². The molecule has 0 aliphatic heterocycles. The Labute approximate surface area is 176 Å². The molecule has 0 fully saturated rings. The molecule has 0 saturated carbocycles. The molecule has 0 atom stereocenters. The number of para-hydroxylation sites is 3. The summed E-state index contributed by atoms with van der Waals surface area (Å²) in [6, 6.07) is 29.7. The van der Waals surface area contributed by atoms with E-state index in [-0.39, 0.29) is 0 Å². The van der Waals surface area contributed by atoms with Gasteiger partial charge in [0.25, 0.3) is 0 Å². The van der Waals surface area contributed by atoms with Crippen LogP contribution in [0.25, 0.3) is 55.6 Å². The summed E-state index contributed by atoms with van der Waals surface area (Å²) in [5.41, 5.74) is 5.80. The van der Waals surface area contributed by atoms with E-state index >= 15 is 0 Å². The van der Waals surface area contributed by atoms with Crippen LogP contribution in [0, 0.1) is 0 Å². The molecule has 5 heteroatoms. The summed E-state index contributed by atoms with van der Waals surface area (Å²) in [4.78, 5) is 8.98. The zero-order valence-corrected chi connectivity index (χ0v) is 16.4. The first-order valence-corrected chi connectivity index (χ1v) is 10.2. The number of rotatable bonds is 2. The summed E-state index contributed by atoms with van der Waals surface area (Å²) in [7, 11) is 0. The van der Waals surface area contributed by atoms with Crippen LogP contribution in [0.15, 0.2) is 102 Å². The molecule has 4 heterocycles. The molecule has 3 aromatic carbocycles. The van der Waals surface area contributed by atoms with E-state index in [4.69, 9.17) is 9.40 Å². The van der Waals surface area contributed by atoms with Crippen molar-refractivity contribution < 1.29 is 4.42 Å². The predicted octanol–water partition coefficient (Wildman–Crippen LogP) is 6.26. The maximum Gasteiger partial charge on any atom is 0.309 e. The molecule has 7 aromatic rings. The molecule has 0 aliphatic rings. The Morgan fingerprint density at radius 3 is 2.10 bits per heavy atom. The zero-order chi connectivity index (χ0) is 20.4. The molecular weight excluding hydrogens is 384 g/mol. The van der Waals surface area contributed by atoms with E-state index in [0.29, 0.717) is 6.01 Å². The zero-order valence-electron chi connectivity index (χ0n) is 16.4. The fourth-order valence-electron chi connectivity index (χ4n) is 4.59. The summed E-state index contributed by atoms with van der Waals surface area (Å²) in [6.07, 6.45) is 3.46. The van der Waals surface area contributed by atoms with Gasteiger partial charge in [0.05, 0.1) is 17.2 Å². The minimum absolute atomic E-state index is 0.536. The number of oxazole rings is 1.